The maximum absolute atomic E-state index is 11.9. The third kappa shape index (κ3) is 3.33. The first kappa shape index (κ1) is 16.1. The number of aromatic amines is 1. The van der Waals surface area contributed by atoms with E-state index in [1.54, 1.807) is 24.3 Å². The number of benzene rings is 1. The molecule has 1 heterocycles. The Labute approximate surface area is 133 Å². The van der Waals surface area contributed by atoms with Crippen molar-refractivity contribution in [1.82, 2.24) is 4.98 Å². The van der Waals surface area contributed by atoms with E-state index in [0.717, 1.165) is 12.8 Å². The van der Waals surface area contributed by atoms with Crippen LogP contribution >= 0.6 is 0 Å². The lowest BCUT2D eigenvalue weighted by Crippen LogP contribution is -2.16. The van der Waals surface area contributed by atoms with Gasteiger partial charge in [0.1, 0.15) is 34.8 Å². The van der Waals surface area contributed by atoms with Crippen LogP contribution in [-0.4, -0.2) is 11.6 Å². The quantitative estimate of drug-likeness (QED) is 0.823. The predicted octanol–water partition coefficient (Wildman–Crippen LogP) is 2.55. The van der Waals surface area contributed by atoms with Crippen LogP contribution in [0.2, 0.25) is 0 Å². The largest absolute Gasteiger partial charge is 0.494 e. The number of rotatable bonds is 5. The Bertz CT molecular complexity index is 856. The molecular weight excluding hydrogens is 292 g/mol. The normalized spacial score (nSPS) is 9.87. The molecule has 0 aliphatic rings. The number of nitrogens with zero attached hydrogens (tertiary/aromatic N) is 2. The van der Waals surface area contributed by atoms with Gasteiger partial charge in [0.25, 0.3) is 5.56 Å². The van der Waals surface area contributed by atoms with Crippen molar-refractivity contribution in [3.8, 4) is 29.0 Å². The number of ether oxygens (including phenoxy) is 1. The van der Waals surface area contributed by atoms with Crippen LogP contribution in [0, 0.1) is 22.7 Å². The van der Waals surface area contributed by atoms with Crippen LogP contribution < -0.4 is 16.0 Å². The number of unbranched alkanes of at least 4 members (excludes halogenated alkanes) is 1. The van der Waals surface area contributed by atoms with Crippen molar-refractivity contribution in [1.29, 1.82) is 10.5 Å². The molecule has 0 aliphatic carbocycles. The molecule has 1 aromatic heterocycles. The van der Waals surface area contributed by atoms with Crippen LogP contribution in [0.4, 0.5) is 5.82 Å². The average molecular weight is 308 g/mol. The highest BCUT2D eigenvalue weighted by Crippen LogP contribution is 2.30. The highest BCUT2D eigenvalue weighted by molar-refractivity contribution is 5.80. The molecule has 2 aromatic rings. The fraction of sp³-hybridized carbons (Fsp3) is 0.235. The predicted molar refractivity (Wildman–Crippen MR) is 86.7 cm³/mol. The minimum absolute atomic E-state index is 0.0520. The van der Waals surface area contributed by atoms with Gasteiger partial charge in [-0.05, 0) is 24.1 Å². The summed E-state index contributed by atoms with van der Waals surface area (Å²) in [6, 6.07) is 10.7. The zero-order valence-electron chi connectivity index (χ0n) is 12.7. The SMILES string of the molecule is CCCCOc1cccc(-c2c(C#N)c(N)[nH]c(=O)c2C#N)c1. The molecule has 3 N–H and O–H groups in total. The van der Waals surface area contributed by atoms with Gasteiger partial charge in [-0.2, -0.15) is 10.5 Å². The summed E-state index contributed by atoms with van der Waals surface area (Å²) in [4.78, 5) is 14.3. The van der Waals surface area contributed by atoms with E-state index in [1.807, 2.05) is 12.1 Å². The minimum Gasteiger partial charge on any atom is -0.494 e. The molecule has 0 radical (unpaired) electrons. The lowest BCUT2D eigenvalue weighted by Gasteiger charge is -2.11. The number of nitrogens with two attached hydrogens (primary N) is 1. The summed E-state index contributed by atoms with van der Waals surface area (Å²) < 4.78 is 5.63. The van der Waals surface area contributed by atoms with E-state index in [0.29, 0.717) is 17.9 Å². The van der Waals surface area contributed by atoms with Gasteiger partial charge in [-0.15, -0.1) is 0 Å². The fourth-order valence-corrected chi connectivity index (χ4v) is 2.21. The molecule has 0 saturated carbocycles. The molecular formula is C17H16N4O2. The number of hydrogen-bond acceptors (Lipinski definition) is 5. The molecule has 0 amide bonds. The summed E-state index contributed by atoms with van der Waals surface area (Å²) in [5.41, 5.74) is 5.81. The van der Waals surface area contributed by atoms with Crippen molar-refractivity contribution in [2.24, 2.45) is 0 Å². The molecule has 0 unspecified atom stereocenters. The molecule has 0 fully saturated rings. The lowest BCUT2D eigenvalue weighted by molar-refractivity contribution is 0.309. The summed E-state index contributed by atoms with van der Waals surface area (Å²) in [5, 5.41) is 18.6. The molecule has 2 rings (SSSR count). The van der Waals surface area contributed by atoms with E-state index in [1.165, 1.54) is 0 Å². The molecule has 6 nitrogen and oxygen atoms in total. The standard InChI is InChI=1S/C17H16N4O2/c1-2-3-7-23-12-6-4-5-11(8-12)15-13(9-18)16(20)21-17(22)14(15)10-19/h4-6,8H,2-3,7H2,1H3,(H3,20,21,22). The van der Waals surface area contributed by atoms with Crippen LogP contribution in [0.25, 0.3) is 11.1 Å². The molecule has 0 saturated heterocycles. The van der Waals surface area contributed by atoms with E-state index in [4.69, 9.17) is 10.5 Å². The van der Waals surface area contributed by atoms with Gasteiger partial charge >= 0.3 is 0 Å². The fourth-order valence-electron chi connectivity index (χ4n) is 2.21. The molecule has 0 aliphatic heterocycles. The second-order valence-electron chi connectivity index (χ2n) is 4.95. The van der Waals surface area contributed by atoms with E-state index in [9.17, 15) is 15.3 Å². The third-order valence-corrected chi connectivity index (χ3v) is 3.36. The molecule has 1 aromatic carbocycles. The number of nitrogen functional groups attached to an aromatic ring is 1. The van der Waals surface area contributed by atoms with Crippen LogP contribution in [0.1, 0.15) is 30.9 Å². The number of nitriles is 2. The maximum atomic E-state index is 11.9. The highest BCUT2D eigenvalue weighted by atomic mass is 16.5. The summed E-state index contributed by atoms with van der Waals surface area (Å²) in [6.07, 6.45) is 1.94. The average Bonchev–Trinajstić information content (AvgIpc) is 2.55. The first-order valence-corrected chi connectivity index (χ1v) is 7.21. The Balaban J connectivity index is 2.59. The minimum atomic E-state index is -0.615. The summed E-state index contributed by atoms with van der Waals surface area (Å²) in [5.74, 6) is 0.561. The van der Waals surface area contributed by atoms with Gasteiger partial charge in [-0.3, -0.25) is 4.79 Å². The molecule has 0 atom stereocenters. The third-order valence-electron chi connectivity index (χ3n) is 3.36. The maximum Gasteiger partial charge on any atom is 0.268 e. The molecule has 6 heteroatoms. The Hall–Kier alpha value is -3.25. The monoisotopic (exact) mass is 308 g/mol. The number of hydrogen-bond donors (Lipinski definition) is 2. The van der Waals surface area contributed by atoms with Crippen molar-refractivity contribution in [3.05, 3.63) is 45.7 Å². The van der Waals surface area contributed by atoms with Crippen molar-refractivity contribution in [2.75, 3.05) is 12.3 Å². The molecule has 23 heavy (non-hydrogen) atoms. The van der Waals surface area contributed by atoms with Gasteiger partial charge in [-0.1, -0.05) is 25.5 Å². The second-order valence-corrected chi connectivity index (χ2v) is 4.95. The Kier molecular flexibility index (Phi) is 5.01. The number of pyridine rings is 1. The van der Waals surface area contributed by atoms with Crippen molar-refractivity contribution in [2.45, 2.75) is 19.8 Å². The first-order chi connectivity index (χ1) is 11.1. The van der Waals surface area contributed by atoms with Gasteiger partial charge in [0.05, 0.1) is 6.61 Å². The Morgan fingerprint density at radius 2 is 2.00 bits per heavy atom. The van der Waals surface area contributed by atoms with Crippen molar-refractivity contribution >= 4 is 5.82 Å². The zero-order valence-corrected chi connectivity index (χ0v) is 12.7. The van der Waals surface area contributed by atoms with Crippen LogP contribution in [0.3, 0.4) is 0 Å². The smallest absolute Gasteiger partial charge is 0.268 e. The number of anilines is 1. The summed E-state index contributed by atoms with van der Waals surface area (Å²) in [7, 11) is 0. The van der Waals surface area contributed by atoms with Crippen LogP contribution in [0.5, 0.6) is 5.75 Å². The van der Waals surface area contributed by atoms with Crippen LogP contribution in [0.15, 0.2) is 29.1 Å². The van der Waals surface area contributed by atoms with Gasteiger partial charge < -0.3 is 15.5 Å². The zero-order chi connectivity index (χ0) is 16.8. The Morgan fingerprint density at radius 1 is 1.26 bits per heavy atom. The van der Waals surface area contributed by atoms with Crippen molar-refractivity contribution in [3.63, 3.8) is 0 Å². The lowest BCUT2D eigenvalue weighted by atomic mass is 9.96. The summed E-state index contributed by atoms with van der Waals surface area (Å²) >= 11 is 0. The first-order valence-electron chi connectivity index (χ1n) is 7.21. The highest BCUT2D eigenvalue weighted by Gasteiger charge is 2.18. The Morgan fingerprint density at radius 3 is 2.65 bits per heavy atom. The molecule has 0 spiro atoms. The van der Waals surface area contributed by atoms with Crippen molar-refractivity contribution < 1.29 is 4.74 Å². The van der Waals surface area contributed by atoms with Gasteiger partial charge in [0.15, 0.2) is 0 Å². The summed E-state index contributed by atoms with van der Waals surface area (Å²) in [6.45, 7) is 2.64. The van der Waals surface area contributed by atoms with Gasteiger partial charge in [0.2, 0.25) is 0 Å². The van der Waals surface area contributed by atoms with E-state index in [2.05, 4.69) is 11.9 Å². The number of aromatic nitrogens is 1. The molecule has 0 bridgehead atoms. The number of H-pyrrole nitrogens is 1. The number of nitrogens with one attached hydrogen (secondary N) is 1. The van der Waals surface area contributed by atoms with Gasteiger partial charge in [-0.25, -0.2) is 0 Å². The van der Waals surface area contributed by atoms with E-state index < -0.39 is 5.56 Å². The van der Waals surface area contributed by atoms with E-state index in [-0.39, 0.29) is 22.5 Å². The van der Waals surface area contributed by atoms with Gasteiger partial charge in [0, 0.05) is 5.56 Å². The van der Waals surface area contributed by atoms with Crippen LogP contribution in [-0.2, 0) is 0 Å². The van der Waals surface area contributed by atoms with E-state index >= 15 is 0 Å². The molecule has 116 valence electrons. The second kappa shape index (κ2) is 7.15. The topological polar surface area (TPSA) is 116 Å².